The number of halogens is 1. The molecule has 220 valence electrons. The minimum atomic E-state index is -3.76. The molecule has 5 rings (SSSR count). The van der Waals surface area contributed by atoms with Crippen molar-refractivity contribution in [3.63, 3.8) is 0 Å². The summed E-state index contributed by atoms with van der Waals surface area (Å²) in [7, 11) is -2.30. The summed E-state index contributed by atoms with van der Waals surface area (Å²) in [6, 6.07) is 13.5. The zero-order valence-corrected chi connectivity index (χ0v) is 24.4. The minimum Gasteiger partial charge on any atom is -0.487 e. The van der Waals surface area contributed by atoms with E-state index in [1.165, 1.54) is 43.4 Å². The van der Waals surface area contributed by atoms with Crippen LogP contribution in [-0.4, -0.2) is 45.9 Å². The Morgan fingerprint density at radius 3 is 2.45 bits per heavy atom. The number of carbonyl (C=O) groups is 2. The van der Waals surface area contributed by atoms with Crippen molar-refractivity contribution in [2.45, 2.75) is 33.2 Å². The van der Waals surface area contributed by atoms with Crippen molar-refractivity contribution in [3.05, 3.63) is 77.1 Å². The number of benzene rings is 3. The van der Waals surface area contributed by atoms with Gasteiger partial charge in [-0.3, -0.25) is 9.10 Å². The number of esters is 1. The maximum Gasteiger partial charge on any atom is 0.345 e. The fourth-order valence-corrected chi connectivity index (χ4v) is 5.86. The van der Waals surface area contributed by atoms with Crippen LogP contribution in [0.3, 0.4) is 0 Å². The van der Waals surface area contributed by atoms with Crippen LogP contribution in [-0.2, 0) is 21.4 Å². The van der Waals surface area contributed by atoms with Gasteiger partial charge >= 0.3 is 5.97 Å². The number of amides is 1. The summed E-state index contributed by atoms with van der Waals surface area (Å²) < 4.78 is 63.8. The van der Waals surface area contributed by atoms with Crippen molar-refractivity contribution in [3.8, 4) is 22.8 Å². The van der Waals surface area contributed by atoms with Gasteiger partial charge in [0.05, 0.1) is 17.5 Å². The smallest absolute Gasteiger partial charge is 0.345 e. The van der Waals surface area contributed by atoms with Gasteiger partial charge in [0.15, 0.2) is 0 Å². The van der Waals surface area contributed by atoms with Crippen molar-refractivity contribution in [2.24, 2.45) is 0 Å². The van der Waals surface area contributed by atoms with E-state index >= 15 is 0 Å². The lowest BCUT2D eigenvalue weighted by molar-refractivity contribution is -0.127. The molecule has 1 N–H and O–H groups in total. The molecule has 4 aromatic rings. The second kappa shape index (κ2) is 10.7. The van der Waals surface area contributed by atoms with Crippen LogP contribution in [0, 0.1) is 5.82 Å². The van der Waals surface area contributed by atoms with E-state index in [2.05, 4.69) is 5.32 Å². The molecule has 12 heteroatoms. The van der Waals surface area contributed by atoms with Crippen LogP contribution in [0.4, 0.5) is 10.1 Å². The molecule has 10 nitrogen and oxygen atoms in total. The highest BCUT2D eigenvalue weighted by atomic mass is 32.2. The minimum absolute atomic E-state index is 0.0739. The highest BCUT2D eigenvalue weighted by Crippen LogP contribution is 2.42. The first-order valence-corrected chi connectivity index (χ1v) is 14.9. The molecule has 0 saturated heterocycles. The van der Waals surface area contributed by atoms with Crippen LogP contribution in [0.1, 0.15) is 47.1 Å². The third-order valence-electron chi connectivity index (χ3n) is 6.68. The van der Waals surface area contributed by atoms with Crippen LogP contribution >= 0.6 is 0 Å². The molecule has 0 aliphatic carbocycles. The number of rotatable bonds is 8. The largest absolute Gasteiger partial charge is 0.487 e. The molecule has 2 heterocycles. The molecular weight excluding hydrogens is 567 g/mol. The number of hydrogen-bond acceptors (Lipinski definition) is 8. The fourth-order valence-electron chi connectivity index (χ4n) is 4.89. The summed E-state index contributed by atoms with van der Waals surface area (Å²) in [5.74, 6) is -2.02. The van der Waals surface area contributed by atoms with Gasteiger partial charge in [-0.05, 0) is 43.3 Å². The molecule has 0 unspecified atom stereocenters. The summed E-state index contributed by atoms with van der Waals surface area (Å²) >= 11 is 0. The van der Waals surface area contributed by atoms with Gasteiger partial charge in [-0.25, -0.2) is 17.6 Å². The molecule has 0 bridgehead atoms. The molecule has 1 amide bonds. The Morgan fingerprint density at radius 2 is 1.81 bits per heavy atom. The first-order valence-electron chi connectivity index (χ1n) is 13.1. The average molecular weight is 597 g/mol. The van der Waals surface area contributed by atoms with Gasteiger partial charge in [-0.15, -0.1) is 0 Å². The zero-order valence-electron chi connectivity index (χ0n) is 23.6. The van der Waals surface area contributed by atoms with E-state index in [-0.39, 0.29) is 47.1 Å². The molecule has 1 aromatic heterocycles. The lowest BCUT2D eigenvalue weighted by Crippen LogP contribution is -2.39. The number of nitrogens with one attached hydrogen (secondary N) is 1. The second-order valence-electron chi connectivity index (χ2n) is 10.1. The maximum atomic E-state index is 13.6. The molecule has 0 atom stereocenters. The molecule has 0 radical (unpaired) electrons. The normalized spacial score (nSPS) is 14.1. The maximum absolute atomic E-state index is 13.6. The van der Waals surface area contributed by atoms with Crippen LogP contribution < -0.4 is 19.1 Å². The Labute approximate surface area is 242 Å². The quantitative estimate of drug-likeness (QED) is 0.274. The highest BCUT2D eigenvalue weighted by Gasteiger charge is 2.35. The monoisotopic (exact) mass is 596 g/mol. The lowest BCUT2D eigenvalue weighted by atomic mass is 10.0. The lowest BCUT2D eigenvalue weighted by Gasteiger charge is -2.32. The Bertz CT molecular complexity index is 1810. The second-order valence-corrected chi connectivity index (χ2v) is 12.0. The summed E-state index contributed by atoms with van der Waals surface area (Å²) in [5.41, 5.74) is 1.64. The third kappa shape index (κ3) is 5.37. The SMILES string of the molecule is CCN(c1cc2oc(-c3ccc(F)cc3)c(C(=O)NC)c2cc1OCc1cccc2c1C(=O)OC(C)(C)O2)S(C)(=O)=O. The Hall–Kier alpha value is -4.58. The first-order chi connectivity index (χ1) is 19.8. The zero-order chi connectivity index (χ0) is 30.4. The van der Waals surface area contributed by atoms with E-state index in [0.29, 0.717) is 22.3 Å². The van der Waals surface area contributed by atoms with Crippen LogP contribution in [0.15, 0.2) is 59.0 Å². The van der Waals surface area contributed by atoms with Gasteiger partial charge in [-0.2, -0.15) is 0 Å². The van der Waals surface area contributed by atoms with E-state index in [1.54, 1.807) is 39.0 Å². The molecule has 0 spiro atoms. The molecule has 42 heavy (non-hydrogen) atoms. The standard InChI is InChI=1S/C30H29FN2O8S/c1-6-33(42(5,36)37)21-15-23-20(26(28(34)32-4)27(39-23)17-10-12-19(31)13-11-17)14-24(21)38-16-18-8-7-9-22-25(18)29(35)41-30(2,3)40-22/h7-15H,6,16H2,1-5H3,(H,32,34). The predicted molar refractivity (Wildman–Crippen MR) is 154 cm³/mol. The number of anilines is 1. The van der Waals surface area contributed by atoms with Crippen molar-refractivity contribution >= 4 is 38.6 Å². The molecule has 0 saturated carbocycles. The summed E-state index contributed by atoms with van der Waals surface area (Å²) in [5, 5.41) is 2.94. The number of sulfonamides is 1. The van der Waals surface area contributed by atoms with Crippen LogP contribution in [0.25, 0.3) is 22.3 Å². The van der Waals surface area contributed by atoms with Crippen LogP contribution in [0.2, 0.25) is 0 Å². The van der Waals surface area contributed by atoms with Gasteiger partial charge in [0.2, 0.25) is 15.8 Å². The molecular formula is C30H29FN2O8S. The van der Waals surface area contributed by atoms with Gasteiger partial charge < -0.3 is 23.9 Å². The van der Waals surface area contributed by atoms with Gasteiger partial charge in [0.1, 0.15) is 40.8 Å². The predicted octanol–water partition coefficient (Wildman–Crippen LogP) is 5.25. The first kappa shape index (κ1) is 28.9. The fraction of sp³-hybridized carbons (Fsp3) is 0.267. The van der Waals surface area contributed by atoms with Crippen molar-refractivity contribution in [1.82, 2.24) is 5.32 Å². The van der Waals surface area contributed by atoms with E-state index in [4.69, 9.17) is 18.6 Å². The number of fused-ring (bicyclic) bond motifs is 2. The van der Waals surface area contributed by atoms with Crippen molar-refractivity contribution in [2.75, 3.05) is 24.2 Å². The molecule has 1 aliphatic rings. The number of furan rings is 1. The highest BCUT2D eigenvalue weighted by molar-refractivity contribution is 7.92. The van der Waals surface area contributed by atoms with Gasteiger partial charge in [0.25, 0.3) is 5.91 Å². The van der Waals surface area contributed by atoms with E-state index < -0.39 is 33.5 Å². The molecule has 0 fully saturated rings. The van der Waals surface area contributed by atoms with E-state index in [9.17, 15) is 22.4 Å². The van der Waals surface area contributed by atoms with Crippen molar-refractivity contribution < 1.29 is 41.0 Å². The summed E-state index contributed by atoms with van der Waals surface area (Å²) in [4.78, 5) is 25.9. The molecule has 3 aromatic carbocycles. The Balaban J connectivity index is 1.67. The Kier molecular flexibility index (Phi) is 7.35. The summed E-state index contributed by atoms with van der Waals surface area (Å²) in [6.07, 6.45) is 1.06. The topological polar surface area (TPSA) is 124 Å². The number of ether oxygens (including phenoxy) is 3. The number of cyclic esters (lactones) is 1. The average Bonchev–Trinajstić information content (AvgIpc) is 3.28. The number of hydrogen-bond donors (Lipinski definition) is 1. The number of nitrogens with zero attached hydrogens (tertiary/aromatic N) is 1. The van der Waals surface area contributed by atoms with Gasteiger partial charge in [0, 0.05) is 50.0 Å². The third-order valence-corrected chi connectivity index (χ3v) is 7.94. The summed E-state index contributed by atoms with van der Waals surface area (Å²) in [6.45, 7) is 4.83. The van der Waals surface area contributed by atoms with Gasteiger partial charge in [-0.1, -0.05) is 12.1 Å². The van der Waals surface area contributed by atoms with Crippen LogP contribution in [0.5, 0.6) is 11.5 Å². The van der Waals surface area contributed by atoms with E-state index in [1.807, 2.05) is 0 Å². The number of carbonyl (C=O) groups excluding carboxylic acids is 2. The van der Waals surface area contributed by atoms with Crippen molar-refractivity contribution in [1.29, 1.82) is 0 Å². The molecule has 1 aliphatic heterocycles. The Morgan fingerprint density at radius 1 is 1.10 bits per heavy atom. The van der Waals surface area contributed by atoms with E-state index in [0.717, 1.165) is 10.6 Å².